The zero-order valence-corrected chi connectivity index (χ0v) is 9.30. The predicted molar refractivity (Wildman–Crippen MR) is 54.9 cm³/mol. The van der Waals surface area contributed by atoms with Crippen molar-refractivity contribution in [2.75, 3.05) is 13.1 Å². The van der Waals surface area contributed by atoms with Crippen molar-refractivity contribution in [3.63, 3.8) is 0 Å². The minimum absolute atomic E-state index is 0.121. The van der Waals surface area contributed by atoms with Crippen LogP contribution in [-0.2, 0) is 9.59 Å². The number of piperidine rings is 1. The van der Waals surface area contributed by atoms with Crippen molar-refractivity contribution in [3.8, 4) is 0 Å². The van der Waals surface area contributed by atoms with Crippen molar-refractivity contribution in [1.82, 2.24) is 4.90 Å². The maximum atomic E-state index is 11.7. The number of carbonyl (C=O) groups is 2. The molecular formula is C11H19NO2. The monoisotopic (exact) mass is 197 g/mol. The van der Waals surface area contributed by atoms with E-state index >= 15 is 0 Å². The van der Waals surface area contributed by atoms with Gasteiger partial charge in [0.05, 0.1) is 0 Å². The number of carbonyl (C=O) groups excluding carboxylic acids is 2. The molecule has 1 amide bonds. The summed E-state index contributed by atoms with van der Waals surface area (Å²) >= 11 is 0. The molecule has 0 aromatic carbocycles. The number of Topliss-reactive ketones (excluding diaryl/α,β-unsaturated/α-hetero) is 1. The Balaban J connectivity index is 2.57. The van der Waals surface area contributed by atoms with Crippen LogP contribution in [0.1, 0.15) is 40.0 Å². The topological polar surface area (TPSA) is 37.4 Å². The summed E-state index contributed by atoms with van der Waals surface area (Å²) in [6, 6.07) is 0. The first-order valence-corrected chi connectivity index (χ1v) is 5.28. The predicted octanol–water partition coefficient (Wildman–Crippen LogP) is 1.61. The van der Waals surface area contributed by atoms with Gasteiger partial charge in [-0.15, -0.1) is 0 Å². The minimum atomic E-state index is -0.180. The highest BCUT2D eigenvalue weighted by Gasteiger charge is 2.35. The van der Waals surface area contributed by atoms with Crippen LogP contribution < -0.4 is 0 Å². The molecule has 1 aliphatic heterocycles. The van der Waals surface area contributed by atoms with Gasteiger partial charge in [-0.05, 0) is 12.8 Å². The number of likely N-dealkylation sites (tertiary alicyclic amines) is 1. The molecule has 1 saturated heterocycles. The van der Waals surface area contributed by atoms with Crippen LogP contribution in [0.25, 0.3) is 0 Å². The Morgan fingerprint density at radius 2 is 1.79 bits per heavy atom. The first kappa shape index (κ1) is 11.2. The highest BCUT2D eigenvalue weighted by atomic mass is 16.2. The molecule has 0 spiro atoms. The third-order valence-electron chi connectivity index (χ3n) is 3.31. The SMILES string of the molecule is CCC(=O)C1(C)CCN(C(C)=O)CC1. The lowest BCUT2D eigenvalue weighted by atomic mass is 9.76. The number of ketones is 1. The Bertz CT molecular complexity index is 240. The second-order valence-electron chi connectivity index (χ2n) is 4.34. The van der Waals surface area contributed by atoms with Crippen molar-refractivity contribution in [1.29, 1.82) is 0 Å². The minimum Gasteiger partial charge on any atom is -0.343 e. The molecule has 14 heavy (non-hydrogen) atoms. The van der Waals surface area contributed by atoms with Gasteiger partial charge in [0.2, 0.25) is 5.91 Å². The van der Waals surface area contributed by atoms with Crippen molar-refractivity contribution in [3.05, 3.63) is 0 Å². The van der Waals surface area contributed by atoms with Crippen molar-refractivity contribution in [2.45, 2.75) is 40.0 Å². The summed E-state index contributed by atoms with van der Waals surface area (Å²) in [7, 11) is 0. The van der Waals surface area contributed by atoms with Crippen molar-refractivity contribution in [2.24, 2.45) is 5.41 Å². The summed E-state index contributed by atoms with van der Waals surface area (Å²) in [6.07, 6.45) is 2.25. The molecule has 0 aliphatic carbocycles. The van der Waals surface area contributed by atoms with Crippen LogP contribution in [0.15, 0.2) is 0 Å². The zero-order valence-electron chi connectivity index (χ0n) is 9.30. The standard InChI is InChI=1S/C11H19NO2/c1-4-10(14)11(3)5-7-12(8-6-11)9(2)13/h4-8H2,1-3H3. The fourth-order valence-electron chi connectivity index (χ4n) is 2.02. The maximum absolute atomic E-state index is 11.7. The Morgan fingerprint density at radius 1 is 1.29 bits per heavy atom. The molecule has 1 rings (SSSR count). The van der Waals surface area contributed by atoms with Gasteiger partial charge in [0.25, 0.3) is 0 Å². The van der Waals surface area contributed by atoms with E-state index in [-0.39, 0.29) is 11.3 Å². The van der Waals surface area contributed by atoms with E-state index in [4.69, 9.17) is 0 Å². The van der Waals surface area contributed by atoms with Gasteiger partial charge < -0.3 is 4.90 Å². The second-order valence-corrected chi connectivity index (χ2v) is 4.34. The fraction of sp³-hybridized carbons (Fsp3) is 0.818. The summed E-state index contributed by atoms with van der Waals surface area (Å²) in [5, 5.41) is 0. The van der Waals surface area contributed by atoms with Crippen molar-refractivity contribution < 1.29 is 9.59 Å². The van der Waals surface area contributed by atoms with Gasteiger partial charge >= 0.3 is 0 Å². The van der Waals surface area contributed by atoms with E-state index in [0.717, 1.165) is 25.9 Å². The van der Waals surface area contributed by atoms with Crippen LogP contribution in [0.2, 0.25) is 0 Å². The lowest BCUT2D eigenvalue weighted by Gasteiger charge is -2.37. The molecular weight excluding hydrogens is 178 g/mol. The van der Waals surface area contributed by atoms with Gasteiger partial charge in [0, 0.05) is 31.8 Å². The average Bonchev–Trinajstić information content (AvgIpc) is 2.17. The first-order valence-electron chi connectivity index (χ1n) is 5.28. The molecule has 0 bridgehead atoms. The normalized spacial score (nSPS) is 20.6. The Morgan fingerprint density at radius 3 is 2.14 bits per heavy atom. The Kier molecular flexibility index (Phi) is 3.29. The number of hydrogen-bond acceptors (Lipinski definition) is 2. The maximum Gasteiger partial charge on any atom is 0.219 e. The molecule has 0 saturated carbocycles. The number of hydrogen-bond donors (Lipinski definition) is 0. The van der Waals surface area contributed by atoms with Crippen LogP contribution in [-0.4, -0.2) is 29.7 Å². The van der Waals surface area contributed by atoms with Gasteiger partial charge in [0.1, 0.15) is 5.78 Å². The molecule has 0 atom stereocenters. The smallest absolute Gasteiger partial charge is 0.219 e. The van der Waals surface area contributed by atoms with Gasteiger partial charge in [-0.1, -0.05) is 13.8 Å². The Labute approximate surface area is 85.5 Å². The van der Waals surface area contributed by atoms with Gasteiger partial charge in [0.15, 0.2) is 0 Å². The Hall–Kier alpha value is -0.860. The molecule has 3 nitrogen and oxygen atoms in total. The summed E-state index contributed by atoms with van der Waals surface area (Å²) in [6.45, 7) is 6.99. The first-order chi connectivity index (χ1) is 6.49. The summed E-state index contributed by atoms with van der Waals surface area (Å²) in [5.41, 5.74) is -0.180. The van der Waals surface area contributed by atoms with E-state index in [2.05, 4.69) is 0 Å². The van der Waals surface area contributed by atoms with Gasteiger partial charge in [-0.2, -0.15) is 0 Å². The molecule has 0 aromatic heterocycles. The summed E-state index contributed by atoms with van der Waals surface area (Å²) < 4.78 is 0. The number of rotatable bonds is 2. The lowest BCUT2D eigenvalue weighted by molar-refractivity contribution is -0.137. The molecule has 1 aliphatic rings. The molecule has 0 aromatic rings. The summed E-state index contributed by atoms with van der Waals surface area (Å²) in [4.78, 5) is 24.6. The van der Waals surface area contributed by atoms with Gasteiger partial charge in [-0.25, -0.2) is 0 Å². The molecule has 0 unspecified atom stereocenters. The van der Waals surface area contributed by atoms with E-state index in [1.165, 1.54) is 0 Å². The van der Waals surface area contributed by atoms with Gasteiger partial charge in [-0.3, -0.25) is 9.59 Å². The second kappa shape index (κ2) is 4.11. The van der Waals surface area contributed by atoms with E-state index < -0.39 is 0 Å². The molecule has 3 heteroatoms. The number of nitrogens with zero attached hydrogens (tertiary/aromatic N) is 1. The molecule has 1 heterocycles. The summed E-state index contributed by atoms with van der Waals surface area (Å²) in [5.74, 6) is 0.455. The average molecular weight is 197 g/mol. The molecule has 0 radical (unpaired) electrons. The molecule has 1 fully saturated rings. The molecule has 0 N–H and O–H groups in total. The van der Waals surface area contributed by atoms with Crippen LogP contribution in [0.5, 0.6) is 0 Å². The number of amides is 1. The van der Waals surface area contributed by atoms with E-state index in [9.17, 15) is 9.59 Å². The highest BCUT2D eigenvalue weighted by Crippen LogP contribution is 2.32. The van der Waals surface area contributed by atoms with Crippen LogP contribution in [0.3, 0.4) is 0 Å². The van der Waals surface area contributed by atoms with Crippen molar-refractivity contribution >= 4 is 11.7 Å². The van der Waals surface area contributed by atoms with E-state index in [1.807, 2.05) is 18.7 Å². The highest BCUT2D eigenvalue weighted by molar-refractivity contribution is 5.84. The van der Waals surface area contributed by atoms with E-state index in [0.29, 0.717) is 12.2 Å². The lowest BCUT2D eigenvalue weighted by Crippen LogP contribution is -2.44. The third-order valence-corrected chi connectivity index (χ3v) is 3.31. The zero-order chi connectivity index (χ0) is 10.8. The van der Waals surface area contributed by atoms with Crippen LogP contribution in [0, 0.1) is 5.41 Å². The van der Waals surface area contributed by atoms with Crippen LogP contribution >= 0.6 is 0 Å². The quantitative estimate of drug-likeness (QED) is 0.674. The molecule has 80 valence electrons. The van der Waals surface area contributed by atoms with Crippen LogP contribution in [0.4, 0.5) is 0 Å². The largest absolute Gasteiger partial charge is 0.343 e. The van der Waals surface area contributed by atoms with E-state index in [1.54, 1.807) is 6.92 Å². The fourth-order valence-corrected chi connectivity index (χ4v) is 2.02. The third kappa shape index (κ3) is 2.14.